The molecule has 2 aliphatic carbocycles. The van der Waals surface area contributed by atoms with Crippen LogP contribution in [0.3, 0.4) is 0 Å². The van der Waals surface area contributed by atoms with Gasteiger partial charge in [0, 0.05) is 20.2 Å². The van der Waals surface area contributed by atoms with Crippen molar-refractivity contribution in [3.05, 3.63) is 46.0 Å². The molecule has 160 valence electrons. The average molecular weight is 418 g/mol. The van der Waals surface area contributed by atoms with Crippen LogP contribution in [0.2, 0.25) is 0 Å². The molecule has 2 saturated carbocycles. The molecule has 2 heterocycles. The van der Waals surface area contributed by atoms with Gasteiger partial charge in [0.25, 0.3) is 0 Å². The van der Waals surface area contributed by atoms with Gasteiger partial charge >= 0.3 is 0 Å². The summed E-state index contributed by atoms with van der Waals surface area (Å²) in [5.74, 6) is 3.04. The van der Waals surface area contributed by atoms with Crippen molar-refractivity contribution in [1.29, 1.82) is 0 Å². The summed E-state index contributed by atoms with van der Waals surface area (Å²) in [5, 5.41) is 15.9. The number of ether oxygens (including phenoxy) is 1. The molecule has 0 spiro atoms. The Bertz CT molecular complexity index is 717. The maximum Gasteiger partial charge on any atom is 0.135 e. The molecule has 4 nitrogen and oxygen atoms in total. The number of hydrogen-bond acceptors (Lipinski definition) is 5. The highest BCUT2D eigenvalue weighted by atomic mass is 32.1. The second-order valence-electron chi connectivity index (χ2n) is 9.13. The van der Waals surface area contributed by atoms with Gasteiger partial charge in [-0.1, -0.05) is 38.5 Å². The zero-order valence-corrected chi connectivity index (χ0v) is 18.5. The third-order valence-corrected chi connectivity index (χ3v) is 7.53. The summed E-state index contributed by atoms with van der Waals surface area (Å²) in [6, 6.07) is 6.27. The number of methoxy groups -OCH3 is 1. The fraction of sp³-hybridized carbons (Fsp3) is 0.667. The highest BCUT2D eigenvalue weighted by Crippen LogP contribution is 2.45. The second-order valence-corrected chi connectivity index (χ2v) is 9.91. The molecular formula is C24H35NO3S. The minimum Gasteiger partial charge on any atom is -0.462 e. The lowest BCUT2D eigenvalue weighted by Crippen LogP contribution is -2.34. The minimum absolute atomic E-state index is 0.658. The summed E-state index contributed by atoms with van der Waals surface area (Å²) in [6.45, 7) is 3.18. The normalized spacial score (nSPS) is 18.2. The van der Waals surface area contributed by atoms with Crippen molar-refractivity contribution in [1.82, 2.24) is 4.90 Å². The lowest BCUT2D eigenvalue weighted by Gasteiger charge is -2.39. The number of hydrogen-bond donors (Lipinski definition) is 1. The molecule has 2 aromatic rings. The topological polar surface area (TPSA) is 45.8 Å². The summed E-state index contributed by atoms with van der Waals surface area (Å²) < 4.78 is 11.6. The van der Waals surface area contributed by atoms with E-state index in [9.17, 15) is 5.11 Å². The Morgan fingerprint density at radius 2 is 1.83 bits per heavy atom. The van der Waals surface area contributed by atoms with Gasteiger partial charge in [0.15, 0.2) is 0 Å². The largest absolute Gasteiger partial charge is 0.462 e. The molecule has 29 heavy (non-hydrogen) atoms. The smallest absolute Gasteiger partial charge is 0.135 e. The summed E-state index contributed by atoms with van der Waals surface area (Å²) >= 11 is 1.73. The quantitative estimate of drug-likeness (QED) is 0.491. The van der Waals surface area contributed by atoms with Gasteiger partial charge < -0.3 is 14.3 Å². The van der Waals surface area contributed by atoms with Crippen LogP contribution in [0.5, 0.6) is 0 Å². The molecular weight excluding hydrogens is 382 g/mol. The molecule has 0 unspecified atom stereocenters. The fourth-order valence-corrected chi connectivity index (χ4v) is 5.30. The Balaban J connectivity index is 1.44. The van der Waals surface area contributed by atoms with Crippen LogP contribution in [0.15, 0.2) is 33.4 Å². The number of furan rings is 1. The van der Waals surface area contributed by atoms with Crippen LogP contribution in [0.1, 0.15) is 68.5 Å². The summed E-state index contributed by atoms with van der Waals surface area (Å²) in [6.07, 6.45) is 9.36. The van der Waals surface area contributed by atoms with E-state index in [0.717, 1.165) is 44.0 Å². The van der Waals surface area contributed by atoms with E-state index in [-0.39, 0.29) is 0 Å². The summed E-state index contributed by atoms with van der Waals surface area (Å²) in [7, 11) is 1.74. The van der Waals surface area contributed by atoms with Gasteiger partial charge in [-0.3, -0.25) is 4.90 Å². The van der Waals surface area contributed by atoms with Crippen LogP contribution in [-0.4, -0.2) is 30.3 Å². The number of aliphatic hydroxyl groups is 1. The summed E-state index contributed by atoms with van der Waals surface area (Å²) in [4.78, 5) is 2.35. The van der Waals surface area contributed by atoms with Crippen molar-refractivity contribution < 1.29 is 14.3 Å². The molecule has 0 aliphatic heterocycles. The molecule has 0 amide bonds. The number of thiophene rings is 1. The van der Waals surface area contributed by atoms with Crippen molar-refractivity contribution >= 4 is 11.3 Å². The van der Waals surface area contributed by atoms with Crippen LogP contribution in [0.25, 0.3) is 0 Å². The third kappa shape index (κ3) is 5.52. The highest BCUT2D eigenvalue weighted by molar-refractivity contribution is 7.07. The standard InChI is InChI=1S/C24H35NO3S/c1-27-12-11-25(16-21-10-13-29-18-21)17-22-8-9-23(28-22)24(26,14-19-4-2-5-19)15-20-6-3-7-20/h8-10,13,18-20,26H,2-7,11-12,14-17H2,1H3. The van der Waals surface area contributed by atoms with Crippen LogP contribution in [0.4, 0.5) is 0 Å². The van der Waals surface area contributed by atoms with E-state index in [4.69, 9.17) is 9.15 Å². The molecule has 0 radical (unpaired) electrons. The molecule has 5 heteroatoms. The molecule has 4 rings (SSSR count). The molecule has 0 bridgehead atoms. The van der Waals surface area contributed by atoms with E-state index in [2.05, 4.69) is 27.8 Å². The van der Waals surface area contributed by atoms with E-state index >= 15 is 0 Å². The van der Waals surface area contributed by atoms with Gasteiger partial charge in [0.1, 0.15) is 17.1 Å². The van der Waals surface area contributed by atoms with Crippen molar-refractivity contribution in [2.24, 2.45) is 11.8 Å². The Kier molecular flexibility index (Phi) is 7.12. The lowest BCUT2D eigenvalue weighted by molar-refractivity contribution is -0.0494. The van der Waals surface area contributed by atoms with E-state index in [1.54, 1.807) is 18.4 Å². The van der Waals surface area contributed by atoms with Gasteiger partial charge in [-0.25, -0.2) is 0 Å². The van der Waals surface area contributed by atoms with Crippen molar-refractivity contribution in [3.63, 3.8) is 0 Å². The maximum absolute atomic E-state index is 11.6. The Morgan fingerprint density at radius 3 is 2.38 bits per heavy atom. The maximum atomic E-state index is 11.6. The summed E-state index contributed by atoms with van der Waals surface area (Å²) in [5.41, 5.74) is 0.531. The number of nitrogens with zero attached hydrogens (tertiary/aromatic N) is 1. The first-order chi connectivity index (χ1) is 14.1. The van der Waals surface area contributed by atoms with Gasteiger partial charge in [0.2, 0.25) is 0 Å². The van der Waals surface area contributed by atoms with Crippen LogP contribution in [-0.2, 0) is 23.4 Å². The molecule has 0 saturated heterocycles. The van der Waals surface area contributed by atoms with E-state index in [0.29, 0.717) is 18.4 Å². The number of rotatable bonds is 12. The van der Waals surface area contributed by atoms with Gasteiger partial charge in [-0.2, -0.15) is 11.3 Å². The van der Waals surface area contributed by atoms with Crippen LogP contribution < -0.4 is 0 Å². The first-order valence-corrected chi connectivity index (χ1v) is 12.1. The molecule has 1 N–H and O–H groups in total. The minimum atomic E-state index is -0.793. The Labute approximate surface area is 178 Å². The van der Waals surface area contributed by atoms with Crippen molar-refractivity contribution in [2.45, 2.75) is 70.1 Å². The predicted molar refractivity (Wildman–Crippen MR) is 117 cm³/mol. The molecule has 0 aromatic carbocycles. The molecule has 0 atom stereocenters. The Morgan fingerprint density at radius 1 is 1.10 bits per heavy atom. The van der Waals surface area contributed by atoms with E-state index < -0.39 is 5.60 Å². The second kappa shape index (κ2) is 9.78. The van der Waals surface area contributed by atoms with Crippen LogP contribution in [0, 0.1) is 11.8 Å². The van der Waals surface area contributed by atoms with E-state index in [1.807, 2.05) is 6.07 Å². The van der Waals surface area contributed by atoms with E-state index in [1.165, 1.54) is 44.1 Å². The first-order valence-electron chi connectivity index (χ1n) is 11.2. The Hall–Kier alpha value is -1.14. The molecule has 2 aliphatic rings. The van der Waals surface area contributed by atoms with Gasteiger partial charge in [-0.05, 0) is 59.2 Å². The van der Waals surface area contributed by atoms with Gasteiger partial charge in [0.05, 0.1) is 13.2 Å². The van der Waals surface area contributed by atoms with Crippen molar-refractivity contribution in [3.8, 4) is 0 Å². The zero-order chi connectivity index (χ0) is 20.1. The van der Waals surface area contributed by atoms with Gasteiger partial charge in [-0.15, -0.1) is 0 Å². The first kappa shape index (κ1) is 21.1. The SMILES string of the molecule is COCCN(Cc1ccsc1)Cc1ccc(C(O)(CC2CCC2)CC2CCC2)o1. The zero-order valence-electron chi connectivity index (χ0n) is 17.6. The fourth-order valence-electron chi connectivity index (χ4n) is 4.64. The molecule has 2 fully saturated rings. The van der Waals surface area contributed by atoms with Crippen LogP contribution >= 0.6 is 11.3 Å². The monoisotopic (exact) mass is 417 g/mol. The average Bonchev–Trinajstić information content (AvgIpc) is 3.32. The lowest BCUT2D eigenvalue weighted by atomic mass is 9.70. The molecule has 2 aromatic heterocycles. The van der Waals surface area contributed by atoms with Crippen molar-refractivity contribution in [2.75, 3.05) is 20.3 Å². The highest BCUT2D eigenvalue weighted by Gasteiger charge is 2.40. The predicted octanol–water partition coefficient (Wildman–Crippen LogP) is 5.56. The third-order valence-electron chi connectivity index (χ3n) is 6.80.